The number of aromatic nitrogens is 5. The van der Waals surface area contributed by atoms with Gasteiger partial charge in [0.2, 0.25) is 0 Å². The van der Waals surface area contributed by atoms with Crippen molar-refractivity contribution < 1.29 is 4.79 Å². The third kappa shape index (κ3) is 2.83. The molecule has 8 heteroatoms. The lowest BCUT2D eigenvalue weighted by Gasteiger charge is -2.15. The van der Waals surface area contributed by atoms with E-state index < -0.39 is 0 Å². The Morgan fingerprint density at radius 1 is 1.19 bits per heavy atom. The van der Waals surface area contributed by atoms with E-state index in [0.717, 1.165) is 18.2 Å². The van der Waals surface area contributed by atoms with E-state index in [9.17, 15) is 4.79 Å². The third-order valence-corrected chi connectivity index (χ3v) is 5.82. The molecule has 3 fully saturated rings. The summed E-state index contributed by atoms with van der Waals surface area (Å²) in [6.07, 6.45) is 8.04. The van der Waals surface area contributed by atoms with Crippen LogP contribution in [-0.4, -0.2) is 56.1 Å². The Morgan fingerprint density at radius 3 is 2.69 bits per heavy atom. The van der Waals surface area contributed by atoms with Gasteiger partial charge in [0.05, 0.1) is 12.4 Å². The van der Waals surface area contributed by atoms with Crippen LogP contribution in [0, 0.1) is 11.8 Å². The van der Waals surface area contributed by atoms with Gasteiger partial charge in [-0.2, -0.15) is 5.10 Å². The zero-order valence-corrected chi connectivity index (χ0v) is 14.9. The average Bonchev–Trinajstić information content (AvgIpc) is 3.61. The number of likely N-dealkylation sites (tertiary alicyclic amines) is 1. The van der Waals surface area contributed by atoms with Gasteiger partial charge >= 0.3 is 0 Å². The van der Waals surface area contributed by atoms with Crippen molar-refractivity contribution in [3.8, 4) is 0 Å². The van der Waals surface area contributed by atoms with Gasteiger partial charge in [0.25, 0.3) is 5.91 Å². The molecule has 3 aliphatic rings. The van der Waals surface area contributed by atoms with Crippen molar-refractivity contribution in [2.45, 2.75) is 37.5 Å². The highest BCUT2D eigenvalue weighted by atomic mass is 16.2. The predicted molar refractivity (Wildman–Crippen MR) is 94.8 cm³/mol. The van der Waals surface area contributed by atoms with Crippen LogP contribution < -0.4 is 5.32 Å². The van der Waals surface area contributed by atoms with Crippen LogP contribution in [0.2, 0.25) is 0 Å². The molecule has 2 N–H and O–H groups in total. The highest BCUT2D eigenvalue weighted by Gasteiger charge is 2.46. The number of anilines is 1. The molecule has 2 aliphatic carbocycles. The minimum Gasteiger partial charge on any atom is -0.372 e. The van der Waals surface area contributed by atoms with Gasteiger partial charge in [0, 0.05) is 32.0 Å². The van der Waals surface area contributed by atoms with Crippen molar-refractivity contribution in [2.24, 2.45) is 11.8 Å². The molecule has 5 rings (SSSR count). The Hall–Kier alpha value is -2.51. The third-order valence-electron chi connectivity index (χ3n) is 5.82. The van der Waals surface area contributed by atoms with E-state index in [1.807, 2.05) is 4.90 Å². The maximum atomic E-state index is 12.9. The molecule has 3 heterocycles. The van der Waals surface area contributed by atoms with Crippen LogP contribution in [0.4, 0.5) is 5.82 Å². The predicted octanol–water partition coefficient (Wildman–Crippen LogP) is 1.78. The van der Waals surface area contributed by atoms with Crippen molar-refractivity contribution in [3.63, 3.8) is 0 Å². The van der Waals surface area contributed by atoms with Gasteiger partial charge in [0.1, 0.15) is 17.3 Å². The van der Waals surface area contributed by atoms with Crippen LogP contribution >= 0.6 is 0 Å². The smallest absolute Gasteiger partial charge is 0.274 e. The lowest BCUT2D eigenvalue weighted by molar-refractivity contribution is 0.0778. The molecule has 0 aromatic carbocycles. The minimum absolute atomic E-state index is 0.0461. The number of carbonyl (C=O) groups is 1. The van der Waals surface area contributed by atoms with E-state index in [2.05, 4.69) is 25.5 Å². The second-order valence-electron chi connectivity index (χ2n) is 7.71. The molecule has 2 atom stereocenters. The van der Waals surface area contributed by atoms with Crippen molar-refractivity contribution in [3.05, 3.63) is 29.7 Å². The fourth-order valence-corrected chi connectivity index (χ4v) is 3.99. The first kappa shape index (κ1) is 15.7. The fraction of sp³-hybridized carbons (Fsp3) is 0.611. The van der Waals surface area contributed by atoms with Crippen molar-refractivity contribution >= 4 is 11.7 Å². The molecule has 26 heavy (non-hydrogen) atoms. The van der Waals surface area contributed by atoms with Gasteiger partial charge in [-0.15, -0.1) is 0 Å². The highest BCUT2D eigenvalue weighted by molar-refractivity contribution is 5.92. The summed E-state index contributed by atoms with van der Waals surface area (Å²) in [6, 6.07) is 0. The summed E-state index contributed by atoms with van der Waals surface area (Å²) in [7, 11) is 1.78. The van der Waals surface area contributed by atoms with E-state index in [0.29, 0.717) is 35.8 Å². The normalized spacial score (nSPS) is 25.5. The van der Waals surface area contributed by atoms with Crippen molar-refractivity contribution in [1.82, 2.24) is 30.0 Å². The maximum Gasteiger partial charge on any atom is 0.274 e. The van der Waals surface area contributed by atoms with Crippen molar-refractivity contribution in [2.75, 3.05) is 25.5 Å². The monoisotopic (exact) mass is 353 g/mol. The SMILES string of the molecule is CNc1cnc(C(=O)N2C[C@H](c3nc(C4CC4)n[nH]3)[C@@H](C3CC3)C2)cn1. The van der Waals surface area contributed by atoms with Gasteiger partial charge in [-0.25, -0.2) is 15.0 Å². The van der Waals surface area contributed by atoms with E-state index in [1.165, 1.54) is 25.7 Å². The largest absolute Gasteiger partial charge is 0.372 e. The van der Waals surface area contributed by atoms with Gasteiger partial charge in [-0.05, 0) is 37.5 Å². The molecule has 136 valence electrons. The maximum absolute atomic E-state index is 12.9. The number of nitrogens with zero attached hydrogens (tertiary/aromatic N) is 5. The van der Waals surface area contributed by atoms with Crippen LogP contribution in [0.1, 0.15) is 59.7 Å². The van der Waals surface area contributed by atoms with Crippen molar-refractivity contribution in [1.29, 1.82) is 0 Å². The Morgan fingerprint density at radius 2 is 2.04 bits per heavy atom. The number of nitrogens with one attached hydrogen (secondary N) is 2. The fourth-order valence-electron chi connectivity index (χ4n) is 3.99. The second-order valence-corrected chi connectivity index (χ2v) is 7.71. The highest BCUT2D eigenvalue weighted by Crippen LogP contribution is 2.47. The number of hydrogen-bond acceptors (Lipinski definition) is 6. The first-order valence-corrected chi connectivity index (χ1v) is 9.44. The zero-order chi connectivity index (χ0) is 17.7. The average molecular weight is 353 g/mol. The number of carbonyl (C=O) groups excluding carboxylic acids is 1. The molecule has 2 saturated carbocycles. The summed E-state index contributed by atoms with van der Waals surface area (Å²) < 4.78 is 0. The van der Waals surface area contributed by atoms with E-state index >= 15 is 0 Å². The summed E-state index contributed by atoms with van der Waals surface area (Å²) in [6.45, 7) is 1.44. The Labute approximate surface area is 151 Å². The molecule has 1 amide bonds. The summed E-state index contributed by atoms with van der Waals surface area (Å²) in [5.41, 5.74) is 0.399. The first-order valence-electron chi connectivity index (χ1n) is 9.44. The molecule has 0 spiro atoms. The van der Waals surface area contributed by atoms with Crippen LogP contribution in [-0.2, 0) is 0 Å². The van der Waals surface area contributed by atoms with E-state index in [1.54, 1.807) is 19.4 Å². The number of rotatable bonds is 5. The van der Waals surface area contributed by atoms with Crippen LogP contribution in [0.25, 0.3) is 0 Å². The lowest BCUT2D eigenvalue weighted by atomic mass is 9.91. The zero-order valence-electron chi connectivity index (χ0n) is 14.9. The molecule has 1 aliphatic heterocycles. The molecule has 1 saturated heterocycles. The number of hydrogen-bond donors (Lipinski definition) is 2. The molecule has 2 aromatic rings. The molecular weight excluding hydrogens is 330 g/mol. The Kier molecular flexibility index (Phi) is 3.65. The van der Waals surface area contributed by atoms with Crippen LogP contribution in [0.3, 0.4) is 0 Å². The van der Waals surface area contributed by atoms with E-state index in [-0.39, 0.29) is 11.8 Å². The number of H-pyrrole nitrogens is 1. The summed E-state index contributed by atoms with van der Waals surface area (Å²) in [5, 5.41) is 10.5. The molecule has 0 unspecified atom stereocenters. The van der Waals surface area contributed by atoms with Gasteiger partial charge in [-0.1, -0.05) is 0 Å². The Balaban J connectivity index is 1.36. The molecule has 0 radical (unpaired) electrons. The summed E-state index contributed by atoms with van der Waals surface area (Å²) in [4.78, 5) is 28.0. The van der Waals surface area contributed by atoms with Crippen LogP contribution in [0.15, 0.2) is 12.4 Å². The quantitative estimate of drug-likeness (QED) is 0.850. The molecule has 2 aromatic heterocycles. The van der Waals surface area contributed by atoms with Crippen LogP contribution in [0.5, 0.6) is 0 Å². The van der Waals surface area contributed by atoms with E-state index in [4.69, 9.17) is 4.98 Å². The number of aromatic amines is 1. The number of amides is 1. The molecule has 0 bridgehead atoms. The van der Waals surface area contributed by atoms with Gasteiger partial charge < -0.3 is 10.2 Å². The standard InChI is InChI=1S/C18H23N7O/c1-19-15-7-20-14(6-21-15)18(26)25-8-12(10-2-3-10)13(9-25)17-22-16(23-24-17)11-4-5-11/h6-7,10-13H,2-5,8-9H2,1H3,(H,19,21)(H,22,23,24)/t12-,13+/m1/s1. The Bertz CT molecular complexity index is 809. The van der Waals surface area contributed by atoms with Gasteiger partial charge in [0.15, 0.2) is 5.82 Å². The molecular formula is C18H23N7O. The minimum atomic E-state index is -0.0461. The van der Waals surface area contributed by atoms with Gasteiger partial charge in [-0.3, -0.25) is 9.89 Å². The molecule has 8 nitrogen and oxygen atoms in total. The summed E-state index contributed by atoms with van der Waals surface area (Å²) >= 11 is 0. The lowest BCUT2D eigenvalue weighted by Crippen LogP contribution is -2.30. The topological polar surface area (TPSA) is 99.7 Å². The summed E-state index contributed by atoms with van der Waals surface area (Å²) in [5.74, 6) is 4.47. The first-order chi connectivity index (χ1) is 12.7. The second kappa shape index (κ2) is 6.03.